The number of aliphatic imine (C=N–C) groups is 1. The van der Waals surface area contributed by atoms with Gasteiger partial charge in [0.15, 0.2) is 5.17 Å². The molecule has 7 heteroatoms. The highest BCUT2D eigenvalue weighted by atomic mass is 32.2. The number of hydrogen-bond acceptors (Lipinski definition) is 5. The monoisotopic (exact) mass is 347 g/mol. The second-order valence-corrected chi connectivity index (χ2v) is 7.30. The third-order valence-corrected chi connectivity index (χ3v) is 5.79. The maximum Gasteiger partial charge on any atom is 0.286 e. The van der Waals surface area contributed by atoms with Gasteiger partial charge in [-0.25, -0.2) is 4.39 Å². The Hall–Kier alpha value is -1.86. The minimum Gasteiger partial charge on any atom is -0.507 e. The molecule has 0 radical (unpaired) electrons. The normalized spacial score (nSPS) is 26.1. The number of amides is 1. The van der Waals surface area contributed by atoms with Crippen molar-refractivity contribution in [2.24, 2.45) is 4.99 Å². The molecule has 5 nitrogen and oxygen atoms in total. The maximum atomic E-state index is 13.1. The number of thioether (sulfide) groups is 1. The highest BCUT2D eigenvalue weighted by molar-refractivity contribution is 8.18. The smallest absolute Gasteiger partial charge is 0.286 e. The lowest BCUT2D eigenvalue weighted by Gasteiger charge is -2.38. The van der Waals surface area contributed by atoms with E-state index in [1.165, 1.54) is 43.3 Å². The molecular formula is C17H18FN3O2S. The third-order valence-electron chi connectivity index (χ3n) is 4.75. The zero-order chi connectivity index (χ0) is 16.7. The molecule has 3 heterocycles. The van der Waals surface area contributed by atoms with Gasteiger partial charge in [-0.2, -0.15) is 4.99 Å². The van der Waals surface area contributed by atoms with Crippen LogP contribution in [0.3, 0.4) is 0 Å². The molecule has 4 rings (SSSR count). The van der Waals surface area contributed by atoms with E-state index in [1.807, 2.05) is 0 Å². The fraction of sp³-hybridized carbons (Fsp3) is 0.412. The Kier molecular flexibility index (Phi) is 4.05. The Morgan fingerprint density at radius 1 is 1.33 bits per heavy atom. The van der Waals surface area contributed by atoms with Crippen LogP contribution in [-0.2, 0) is 4.79 Å². The lowest BCUT2D eigenvalue weighted by atomic mass is 10.2. The second kappa shape index (κ2) is 6.22. The van der Waals surface area contributed by atoms with Gasteiger partial charge in [0.2, 0.25) is 0 Å². The Morgan fingerprint density at radius 2 is 2.21 bits per heavy atom. The summed E-state index contributed by atoms with van der Waals surface area (Å²) in [5, 5.41) is 10.5. The van der Waals surface area contributed by atoms with Crippen molar-refractivity contribution in [3.8, 4) is 5.75 Å². The molecule has 2 fully saturated rings. The van der Waals surface area contributed by atoms with Crippen molar-refractivity contribution >= 4 is 28.9 Å². The van der Waals surface area contributed by atoms with Gasteiger partial charge in [0, 0.05) is 37.3 Å². The fourth-order valence-corrected chi connectivity index (χ4v) is 4.42. The topological polar surface area (TPSA) is 56.1 Å². The lowest BCUT2D eigenvalue weighted by Crippen LogP contribution is -2.51. The van der Waals surface area contributed by atoms with E-state index in [0.717, 1.165) is 30.9 Å². The summed E-state index contributed by atoms with van der Waals surface area (Å²) in [6, 6.07) is 4.32. The average molecular weight is 347 g/mol. The van der Waals surface area contributed by atoms with Crippen LogP contribution in [0.5, 0.6) is 5.75 Å². The number of hydrogen-bond donors (Lipinski definition) is 1. The first-order chi connectivity index (χ1) is 11.6. The summed E-state index contributed by atoms with van der Waals surface area (Å²) in [7, 11) is 0. The number of phenolic OH excluding ortho intramolecular Hbond substituents is 1. The second-order valence-electron chi connectivity index (χ2n) is 6.29. The first kappa shape index (κ1) is 15.7. The molecule has 126 valence electrons. The number of aromatic hydroxyl groups is 1. The molecule has 0 aromatic heterocycles. The van der Waals surface area contributed by atoms with Crippen molar-refractivity contribution in [2.75, 3.05) is 26.2 Å². The summed E-state index contributed by atoms with van der Waals surface area (Å²) in [5.41, 5.74) is 0.421. The van der Waals surface area contributed by atoms with Gasteiger partial charge in [-0.15, -0.1) is 0 Å². The van der Waals surface area contributed by atoms with Crippen LogP contribution in [0.4, 0.5) is 4.39 Å². The van der Waals surface area contributed by atoms with E-state index >= 15 is 0 Å². The van der Waals surface area contributed by atoms with Gasteiger partial charge in [-0.05, 0) is 49.4 Å². The zero-order valence-corrected chi connectivity index (χ0v) is 13.9. The molecule has 1 N–H and O–H groups in total. The number of fused-ring (bicyclic) bond motifs is 1. The minimum absolute atomic E-state index is 0.177. The summed E-state index contributed by atoms with van der Waals surface area (Å²) < 4.78 is 13.1. The fourth-order valence-electron chi connectivity index (χ4n) is 3.48. The lowest BCUT2D eigenvalue weighted by molar-refractivity contribution is -0.113. The maximum absolute atomic E-state index is 13.1. The SMILES string of the molecule is O=C1N=C(N2CCN3CCCC3C2)S/C1=C\c1ccc(F)cc1O. The van der Waals surface area contributed by atoms with Gasteiger partial charge in [0.1, 0.15) is 11.6 Å². The van der Waals surface area contributed by atoms with Crippen LogP contribution < -0.4 is 0 Å². The molecule has 1 aromatic carbocycles. The zero-order valence-electron chi connectivity index (χ0n) is 13.1. The first-order valence-electron chi connectivity index (χ1n) is 8.10. The number of benzene rings is 1. The van der Waals surface area contributed by atoms with Crippen LogP contribution in [0.1, 0.15) is 18.4 Å². The van der Waals surface area contributed by atoms with Crippen molar-refractivity contribution in [1.29, 1.82) is 0 Å². The van der Waals surface area contributed by atoms with Crippen molar-refractivity contribution in [1.82, 2.24) is 9.80 Å². The van der Waals surface area contributed by atoms with E-state index in [9.17, 15) is 14.3 Å². The molecule has 0 spiro atoms. The van der Waals surface area contributed by atoms with Gasteiger partial charge < -0.3 is 10.0 Å². The Bertz CT molecular complexity index is 749. The summed E-state index contributed by atoms with van der Waals surface area (Å²) >= 11 is 1.33. The molecule has 3 aliphatic rings. The summed E-state index contributed by atoms with van der Waals surface area (Å²) in [5.74, 6) is -0.983. The van der Waals surface area contributed by atoms with Crippen LogP contribution in [0.15, 0.2) is 28.1 Å². The van der Waals surface area contributed by atoms with Gasteiger partial charge in [0.25, 0.3) is 5.91 Å². The predicted molar refractivity (Wildman–Crippen MR) is 92.2 cm³/mol. The largest absolute Gasteiger partial charge is 0.507 e. The van der Waals surface area contributed by atoms with E-state index < -0.39 is 5.82 Å². The van der Waals surface area contributed by atoms with Gasteiger partial charge in [0.05, 0.1) is 4.91 Å². The number of amidine groups is 1. The van der Waals surface area contributed by atoms with E-state index in [2.05, 4.69) is 14.8 Å². The standard InChI is InChI=1S/C17H18FN3O2S/c18-12-4-3-11(14(22)9-12)8-15-16(23)19-17(24-15)21-7-6-20-5-1-2-13(20)10-21/h3-4,8-9,13,22H,1-2,5-7,10H2/b15-8-. The highest BCUT2D eigenvalue weighted by Gasteiger charge is 2.34. The van der Waals surface area contributed by atoms with Crippen LogP contribution in [0.2, 0.25) is 0 Å². The molecule has 3 aliphatic heterocycles. The molecular weight excluding hydrogens is 329 g/mol. The van der Waals surface area contributed by atoms with Crippen LogP contribution >= 0.6 is 11.8 Å². The Balaban J connectivity index is 1.50. The minimum atomic E-state index is -0.508. The number of rotatable bonds is 1. The quantitative estimate of drug-likeness (QED) is 0.790. The van der Waals surface area contributed by atoms with Crippen LogP contribution in [0, 0.1) is 5.82 Å². The van der Waals surface area contributed by atoms with E-state index in [1.54, 1.807) is 6.08 Å². The molecule has 0 bridgehead atoms. The molecule has 0 aliphatic carbocycles. The number of carbonyl (C=O) groups excluding carboxylic acids is 1. The number of phenols is 1. The third kappa shape index (κ3) is 2.93. The summed E-state index contributed by atoms with van der Waals surface area (Å²) in [6.45, 7) is 3.97. The van der Waals surface area contributed by atoms with Crippen molar-refractivity contribution in [3.63, 3.8) is 0 Å². The van der Waals surface area contributed by atoms with Gasteiger partial charge in [-0.3, -0.25) is 9.69 Å². The van der Waals surface area contributed by atoms with E-state index in [4.69, 9.17) is 0 Å². The highest BCUT2D eigenvalue weighted by Crippen LogP contribution is 2.33. The summed E-state index contributed by atoms with van der Waals surface area (Å²) in [6.07, 6.45) is 4.02. The van der Waals surface area contributed by atoms with Gasteiger partial charge >= 0.3 is 0 Å². The Labute approximate surface area is 143 Å². The molecule has 1 amide bonds. The molecule has 2 saturated heterocycles. The van der Waals surface area contributed by atoms with Gasteiger partial charge in [-0.1, -0.05) is 0 Å². The molecule has 1 unspecified atom stereocenters. The molecule has 1 atom stereocenters. The first-order valence-corrected chi connectivity index (χ1v) is 8.92. The van der Waals surface area contributed by atoms with E-state index in [-0.39, 0.29) is 11.7 Å². The predicted octanol–water partition coefficient (Wildman–Crippen LogP) is 2.28. The van der Waals surface area contributed by atoms with Crippen molar-refractivity contribution in [3.05, 3.63) is 34.5 Å². The number of halogens is 1. The van der Waals surface area contributed by atoms with Crippen LogP contribution in [-0.4, -0.2) is 58.2 Å². The van der Waals surface area contributed by atoms with Crippen LogP contribution in [0.25, 0.3) is 6.08 Å². The summed E-state index contributed by atoms with van der Waals surface area (Å²) in [4.78, 5) is 21.5. The number of piperazine rings is 1. The number of carbonyl (C=O) groups is 1. The van der Waals surface area contributed by atoms with E-state index in [0.29, 0.717) is 16.5 Å². The van der Waals surface area contributed by atoms with Crippen molar-refractivity contribution < 1.29 is 14.3 Å². The van der Waals surface area contributed by atoms with Crippen molar-refractivity contribution in [2.45, 2.75) is 18.9 Å². The average Bonchev–Trinajstić information content (AvgIpc) is 3.16. The molecule has 1 aromatic rings. The molecule has 24 heavy (non-hydrogen) atoms. The molecule has 0 saturated carbocycles. The number of nitrogens with zero attached hydrogens (tertiary/aromatic N) is 3. The Morgan fingerprint density at radius 3 is 3.04 bits per heavy atom.